The molecule has 7 heteroatoms. The molecule has 128 valence electrons. The van der Waals surface area contributed by atoms with Gasteiger partial charge in [-0.15, -0.1) is 11.8 Å². The van der Waals surface area contributed by atoms with Gasteiger partial charge in [-0.05, 0) is 31.2 Å². The topological polar surface area (TPSA) is 55.1 Å². The molecule has 0 aliphatic heterocycles. The number of nitrogens with one attached hydrogen (secondary N) is 1. The standard InChI is InChI=1S/C18H14ClFN2O2S/c1-11-9-12(24-22-11)10-25-16-8-3-2-5-13(16)18(23)21-15-7-4-6-14(19)17(15)20/h2-9H,10H2,1H3,(H,21,23). The second-order valence-electron chi connectivity index (χ2n) is 5.27. The van der Waals surface area contributed by atoms with Crippen molar-refractivity contribution in [1.29, 1.82) is 0 Å². The largest absolute Gasteiger partial charge is 0.360 e. The quantitative estimate of drug-likeness (QED) is 0.612. The van der Waals surface area contributed by atoms with Gasteiger partial charge in [-0.1, -0.05) is 35.0 Å². The summed E-state index contributed by atoms with van der Waals surface area (Å²) in [5, 5.41) is 6.36. The molecule has 1 aromatic heterocycles. The van der Waals surface area contributed by atoms with E-state index in [1.807, 2.05) is 25.1 Å². The van der Waals surface area contributed by atoms with Gasteiger partial charge in [0.1, 0.15) is 5.76 Å². The van der Waals surface area contributed by atoms with Gasteiger partial charge in [0.05, 0.1) is 27.7 Å². The maximum Gasteiger partial charge on any atom is 0.256 e. The van der Waals surface area contributed by atoms with Gasteiger partial charge in [-0.25, -0.2) is 4.39 Å². The van der Waals surface area contributed by atoms with Crippen LogP contribution in [0.15, 0.2) is 57.9 Å². The van der Waals surface area contributed by atoms with Gasteiger partial charge in [0, 0.05) is 11.0 Å². The van der Waals surface area contributed by atoms with Crippen LogP contribution in [-0.2, 0) is 5.75 Å². The van der Waals surface area contributed by atoms with Crippen molar-refractivity contribution >= 4 is 35.0 Å². The molecule has 0 radical (unpaired) electrons. The SMILES string of the molecule is Cc1cc(CSc2ccccc2C(=O)Nc2cccc(Cl)c2F)on1. The molecule has 0 fully saturated rings. The first kappa shape index (κ1) is 17.5. The molecule has 1 heterocycles. The van der Waals surface area contributed by atoms with Crippen LogP contribution in [0.1, 0.15) is 21.8 Å². The van der Waals surface area contributed by atoms with E-state index >= 15 is 0 Å². The Balaban J connectivity index is 1.77. The van der Waals surface area contributed by atoms with Gasteiger partial charge >= 0.3 is 0 Å². The fourth-order valence-electron chi connectivity index (χ4n) is 2.20. The lowest BCUT2D eigenvalue weighted by molar-refractivity contribution is 0.102. The van der Waals surface area contributed by atoms with E-state index in [9.17, 15) is 9.18 Å². The minimum Gasteiger partial charge on any atom is -0.360 e. The normalized spacial score (nSPS) is 10.7. The van der Waals surface area contributed by atoms with E-state index in [1.54, 1.807) is 18.2 Å². The molecular formula is C18H14ClFN2O2S. The van der Waals surface area contributed by atoms with E-state index in [1.165, 1.54) is 23.9 Å². The van der Waals surface area contributed by atoms with Crippen molar-refractivity contribution in [3.05, 3.63) is 76.4 Å². The number of rotatable bonds is 5. The van der Waals surface area contributed by atoms with E-state index in [-0.39, 0.29) is 10.7 Å². The third kappa shape index (κ3) is 4.21. The molecule has 3 rings (SSSR count). The number of carbonyl (C=O) groups is 1. The Bertz CT molecular complexity index is 914. The molecule has 0 bridgehead atoms. The highest BCUT2D eigenvalue weighted by Gasteiger charge is 2.15. The molecule has 4 nitrogen and oxygen atoms in total. The van der Waals surface area contributed by atoms with Crippen LogP contribution < -0.4 is 5.32 Å². The summed E-state index contributed by atoms with van der Waals surface area (Å²) in [6.07, 6.45) is 0. The lowest BCUT2D eigenvalue weighted by Crippen LogP contribution is -2.14. The molecule has 0 saturated carbocycles. The first-order chi connectivity index (χ1) is 12.0. The Hall–Kier alpha value is -2.31. The van der Waals surface area contributed by atoms with Crippen molar-refractivity contribution in [3.63, 3.8) is 0 Å². The molecule has 0 aliphatic carbocycles. The molecular weight excluding hydrogens is 363 g/mol. The zero-order chi connectivity index (χ0) is 17.8. The summed E-state index contributed by atoms with van der Waals surface area (Å²) in [5.41, 5.74) is 1.30. The van der Waals surface area contributed by atoms with Crippen molar-refractivity contribution in [2.45, 2.75) is 17.6 Å². The van der Waals surface area contributed by atoms with Gasteiger partial charge in [0.25, 0.3) is 5.91 Å². The third-order valence-corrected chi connectivity index (χ3v) is 4.77. The van der Waals surface area contributed by atoms with E-state index in [4.69, 9.17) is 16.1 Å². The Morgan fingerprint density at radius 3 is 2.84 bits per heavy atom. The first-order valence-electron chi connectivity index (χ1n) is 7.44. The zero-order valence-electron chi connectivity index (χ0n) is 13.3. The Labute approximate surface area is 153 Å². The highest BCUT2D eigenvalue weighted by Crippen LogP contribution is 2.28. The summed E-state index contributed by atoms with van der Waals surface area (Å²) in [4.78, 5) is 13.3. The van der Waals surface area contributed by atoms with Crippen LogP contribution >= 0.6 is 23.4 Å². The van der Waals surface area contributed by atoms with E-state index in [0.29, 0.717) is 11.3 Å². The Kier molecular flexibility index (Phi) is 5.40. The lowest BCUT2D eigenvalue weighted by atomic mass is 10.2. The predicted molar refractivity (Wildman–Crippen MR) is 96.6 cm³/mol. The van der Waals surface area contributed by atoms with Gasteiger partial charge in [-0.2, -0.15) is 0 Å². The molecule has 1 N–H and O–H groups in total. The van der Waals surface area contributed by atoms with Crippen LogP contribution in [0, 0.1) is 12.7 Å². The average molecular weight is 377 g/mol. The Morgan fingerprint density at radius 2 is 2.08 bits per heavy atom. The van der Waals surface area contributed by atoms with Gasteiger partial charge < -0.3 is 9.84 Å². The molecule has 1 amide bonds. The summed E-state index contributed by atoms with van der Waals surface area (Å²) < 4.78 is 19.2. The molecule has 2 aromatic carbocycles. The van der Waals surface area contributed by atoms with E-state index in [2.05, 4.69) is 10.5 Å². The van der Waals surface area contributed by atoms with Crippen molar-refractivity contribution in [2.24, 2.45) is 0 Å². The van der Waals surface area contributed by atoms with Crippen LogP contribution in [0.2, 0.25) is 5.02 Å². The Morgan fingerprint density at radius 1 is 1.28 bits per heavy atom. The zero-order valence-corrected chi connectivity index (χ0v) is 14.8. The molecule has 0 aliphatic rings. The fraction of sp³-hybridized carbons (Fsp3) is 0.111. The maximum atomic E-state index is 14.0. The number of hydrogen-bond donors (Lipinski definition) is 1. The van der Waals surface area contributed by atoms with Gasteiger partial charge in [0.15, 0.2) is 5.82 Å². The number of amides is 1. The van der Waals surface area contributed by atoms with Crippen LogP contribution in [0.5, 0.6) is 0 Å². The monoisotopic (exact) mass is 376 g/mol. The number of aryl methyl sites for hydroxylation is 1. The van der Waals surface area contributed by atoms with Crippen molar-refractivity contribution in [2.75, 3.05) is 5.32 Å². The molecule has 0 unspecified atom stereocenters. The lowest BCUT2D eigenvalue weighted by Gasteiger charge is -2.10. The van der Waals surface area contributed by atoms with Crippen LogP contribution in [0.3, 0.4) is 0 Å². The number of hydrogen-bond acceptors (Lipinski definition) is 4. The highest BCUT2D eigenvalue weighted by molar-refractivity contribution is 7.98. The van der Waals surface area contributed by atoms with Crippen molar-refractivity contribution < 1.29 is 13.7 Å². The van der Waals surface area contributed by atoms with Crippen molar-refractivity contribution in [3.8, 4) is 0 Å². The van der Waals surface area contributed by atoms with Crippen molar-refractivity contribution in [1.82, 2.24) is 5.16 Å². The summed E-state index contributed by atoms with van der Waals surface area (Å²) in [7, 11) is 0. The van der Waals surface area contributed by atoms with E-state index < -0.39 is 11.7 Å². The van der Waals surface area contributed by atoms with Gasteiger partial charge in [-0.3, -0.25) is 4.79 Å². The number of benzene rings is 2. The minimum atomic E-state index is -0.653. The fourth-order valence-corrected chi connectivity index (χ4v) is 3.30. The average Bonchev–Trinajstić information content (AvgIpc) is 3.03. The number of halogens is 2. The second-order valence-corrected chi connectivity index (χ2v) is 6.70. The maximum absolute atomic E-state index is 14.0. The first-order valence-corrected chi connectivity index (χ1v) is 8.80. The van der Waals surface area contributed by atoms with E-state index in [0.717, 1.165) is 16.3 Å². The number of aromatic nitrogens is 1. The van der Waals surface area contributed by atoms with Crippen LogP contribution in [0.25, 0.3) is 0 Å². The minimum absolute atomic E-state index is 0.0406. The summed E-state index contributed by atoms with van der Waals surface area (Å²) in [6, 6.07) is 13.4. The number of carbonyl (C=O) groups excluding carboxylic acids is 1. The summed E-state index contributed by atoms with van der Waals surface area (Å²) in [5.74, 6) is 0.202. The number of anilines is 1. The summed E-state index contributed by atoms with van der Waals surface area (Å²) >= 11 is 7.19. The molecule has 3 aromatic rings. The highest BCUT2D eigenvalue weighted by atomic mass is 35.5. The van der Waals surface area contributed by atoms with Gasteiger partial charge in [0.2, 0.25) is 0 Å². The number of nitrogens with zero attached hydrogens (tertiary/aromatic N) is 1. The van der Waals surface area contributed by atoms with Crippen LogP contribution in [-0.4, -0.2) is 11.1 Å². The predicted octanol–water partition coefficient (Wildman–Crippen LogP) is 5.32. The molecule has 0 spiro atoms. The van der Waals surface area contributed by atoms with Crippen LogP contribution in [0.4, 0.5) is 10.1 Å². The molecule has 25 heavy (non-hydrogen) atoms. The number of thioether (sulfide) groups is 1. The smallest absolute Gasteiger partial charge is 0.256 e. The second kappa shape index (κ2) is 7.72. The third-order valence-electron chi connectivity index (χ3n) is 3.38. The summed E-state index contributed by atoms with van der Waals surface area (Å²) in [6.45, 7) is 1.85. The molecule has 0 atom stereocenters. The molecule has 0 saturated heterocycles.